The molecule has 0 bridgehead atoms. The SMILES string of the molecule is CN=C(NCc1cccc(CN2CCOC(C)C2)c1)NCc1ccccc1C. The Morgan fingerprint density at radius 1 is 1.11 bits per heavy atom. The van der Waals surface area contributed by atoms with Gasteiger partial charge in [0.05, 0.1) is 12.7 Å². The molecule has 150 valence electrons. The summed E-state index contributed by atoms with van der Waals surface area (Å²) < 4.78 is 5.64. The number of hydrogen-bond donors (Lipinski definition) is 2. The monoisotopic (exact) mass is 380 g/mol. The van der Waals surface area contributed by atoms with E-state index in [1.54, 1.807) is 0 Å². The summed E-state index contributed by atoms with van der Waals surface area (Å²) in [6.45, 7) is 9.59. The van der Waals surface area contributed by atoms with Crippen LogP contribution >= 0.6 is 0 Å². The van der Waals surface area contributed by atoms with Gasteiger partial charge < -0.3 is 15.4 Å². The van der Waals surface area contributed by atoms with Crippen LogP contribution in [-0.2, 0) is 24.4 Å². The van der Waals surface area contributed by atoms with Crippen molar-refractivity contribution in [3.63, 3.8) is 0 Å². The largest absolute Gasteiger partial charge is 0.376 e. The minimum absolute atomic E-state index is 0.321. The number of guanidine groups is 1. The number of aliphatic imine (C=N–C) groups is 1. The van der Waals surface area contributed by atoms with E-state index in [0.29, 0.717) is 6.10 Å². The van der Waals surface area contributed by atoms with Crippen LogP contribution in [0.25, 0.3) is 0 Å². The van der Waals surface area contributed by atoms with E-state index in [9.17, 15) is 0 Å². The molecule has 2 aromatic rings. The number of hydrogen-bond acceptors (Lipinski definition) is 3. The lowest BCUT2D eigenvalue weighted by atomic mass is 10.1. The van der Waals surface area contributed by atoms with E-state index >= 15 is 0 Å². The van der Waals surface area contributed by atoms with Crippen molar-refractivity contribution in [2.45, 2.75) is 39.6 Å². The van der Waals surface area contributed by atoms with Gasteiger partial charge in [-0.3, -0.25) is 9.89 Å². The number of nitrogens with zero attached hydrogens (tertiary/aromatic N) is 2. The van der Waals surface area contributed by atoms with Crippen molar-refractivity contribution in [2.75, 3.05) is 26.7 Å². The topological polar surface area (TPSA) is 48.9 Å². The van der Waals surface area contributed by atoms with Crippen molar-refractivity contribution < 1.29 is 4.74 Å². The first-order valence-corrected chi connectivity index (χ1v) is 10.0. The Hall–Kier alpha value is -2.37. The van der Waals surface area contributed by atoms with E-state index in [0.717, 1.165) is 45.3 Å². The Balaban J connectivity index is 1.51. The molecule has 0 amide bonds. The molecule has 0 saturated carbocycles. The van der Waals surface area contributed by atoms with Gasteiger partial charge in [-0.05, 0) is 36.1 Å². The van der Waals surface area contributed by atoms with Crippen LogP contribution in [0.4, 0.5) is 0 Å². The van der Waals surface area contributed by atoms with Gasteiger partial charge in [0.15, 0.2) is 5.96 Å². The highest BCUT2D eigenvalue weighted by Crippen LogP contribution is 2.12. The summed E-state index contributed by atoms with van der Waals surface area (Å²) in [4.78, 5) is 6.81. The molecule has 1 aliphatic rings. The molecule has 0 aliphatic carbocycles. The van der Waals surface area contributed by atoms with Gasteiger partial charge in [0.25, 0.3) is 0 Å². The fraction of sp³-hybridized carbons (Fsp3) is 0.435. The van der Waals surface area contributed by atoms with Gasteiger partial charge in [-0.1, -0.05) is 48.5 Å². The highest BCUT2D eigenvalue weighted by atomic mass is 16.5. The maximum Gasteiger partial charge on any atom is 0.191 e. The summed E-state index contributed by atoms with van der Waals surface area (Å²) >= 11 is 0. The fourth-order valence-corrected chi connectivity index (χ4v) is 3.52. The number of morpholine rings is 1. The second-order valence-electron chi connectivity index (χ2n) is 7.44. The molecule has 3 rings (SSSR count). The lowest BCUT2D eigenvalue weighted by Crippen LogP contribution is -2.40. The van der Waals surface area contributed by atoms with Crippen molar-refractivity contribution in [1.82, 2.24) is 15.5 Å². The first-order valence-electron chi connectivity index (χ1n) is 10.0. The van der Waals surface area contributed by atoms with Crippen molar-refractivity contribution in [1.29, 1.82) is 0 Å². The zero-order chi connectivity index (χ0) is 19.8. The van der Waals surface area contributed by atoms with Gasteiger partial charge in [-0.15, -0.1) is 0 Å². The van der Waals surface area contributed by atoms with E-state index < -0.39 is 0 Å². The molecule has 1 saturated heterocycles. The number of nitrogens with one attached hydrogen (secondary N) is 2. The van der Waals surface area contributed by atoms with Gasteiger partial charge in [-0.2, -0.15) is 0 Å². The summed E-state index contributed by atoms with van der Waals surface area (Å²) in [5.41, 5.74) is 5.18. The Labute approximate surface area is 168 Å². The van der Waals surface area contributed by atoms with E-state index in [1.807, 2.05) is 7.05 Å². The van der Waals surface area contributed by atoms with Gasteiger partial charge in [-0.25, -0.2) is 0 Å². The van der Waals surface area contributed by atoms with E-state index in [2.05, 4.69) is 82.9 Å². The van der Waals surface area contributed by atoms with Crippen LogP contribution in [0.5, 0.6) is 0 Å². The highest BCUT2D eigenvalue weighted by molar-refractivity contribution is 5.79. The molecule has 2 N–H and O–H groups in total. The summed E-state index contributed by atoms with van der Waals surface area (Å²) in [7, 11) is 1.81. The van der Waals surface area contributed by atoms with Gasteiger partial charge in [0, 0.05) is 39.8 Å². The number of ether oxygens (including phenoxy) is 1. The Kier molecular flexibility index (Phi) is 7.46. The van der Waals surface area contributed by atoms with Crippen molar-refractivity contribution in [2.24, 2.45) is 4.99 Å². The second kappa shape index (κ2) is 10.2. The summed E-state index contributed by atoms with van der Waals surface area (Å²) in [5, 5.41) is 6.82. The first-order chi connectivity index (χ1) is 13.6. The normalized spacial score (nSPS) is 18.1. The number of rotatable bonds is 6. The third kappa shape index (κ3) is 6.08. The molecule has 5 nitrogen and oxygen atoms in total. The Bertz CT molecular complexity index is 790. The predicted octanol–water partition coefficient (Wildman–Crippen LogP) is 3.08. The summed E-state index contributed by atoms with van der Waals surface area (Å²) in [6.07, 6.45) is 0.321. The van der Waals surface area contributed by atoms with Crippen LogP contribution in [0.1, 0.15) is 29.2 Å². The third-order valence-electron chi connectivity index (χ3n) is 5.11. The Morgan fingerprint density at radius 3 is 2.68 bits per heavy atom. The van der Waals surface area contributed by atoms with Crippen LogP contribution in [0, 0.1) is 6.92 Å². The molecule has 1 fully saturated rings. The molecular weight excluding hydrogens is 348 g/mol. The maximum absolute atomic E-state index is 5.64. The molecule has 1 atom stereocenters. The first kappa shape index (κ1) is 20.4. The van der Waals surface area contributed by atoms with Crippen molar-refractivity contribution in [3.8, 4) is 0 Å². The maximum atomic E-state index is 5.64. The standard InChI is InChI=1S/C23H32N4O/c1-18-7-4-5-10-22(18)15-26-23(24-3)25-14-20-8-6-9-21(13-20)17-27-11-12-28-19(2)16-27/h4-10,13,19H,11-12,14-17H2,1-3H3,(H2,24,25,26). The average Bonchev–Trinajstić information content (AvgIpc) is 2.70. The minimum Gasteiger partial charge on any atom is -0.376 e. The van der Waals surface area contributed by atoms with Crippen molar-refractivity contribution in [3.05, 3.63) is 70.8 Å². The minimum atomic E-state index is 0.321. The quantitative estimate of drug-likeness (QED) is 0.597. The van der Waals surface area contributed by atoms with Crippen LogP contribution in [0.3, 0.4) is 0 Å². The van der Waals surface area contributed by atoms with Gasteiger partial charge in [0.1, 0.15) is 0 Å². The molecule has 0 radical (unpaired) electrons. The van der Waals surface area contributed by atoms with E-state index in [4.69, 9.17) is 4.74 Å². The molecule has 0 spiro atoms. The number of benzene rings is 2. The molecule has 1 heterocycles. The van der Waals surface area contributed by atoms with Crippen LogP contribution in [0.2, 0.25) is 0 Å². The summed E-state index contributed by atoms with van der Waals surface area (Å²) in [6, 6.07) is 17.2. The molecule has 1 aliphatic heterocycles. The van der Waals surface area contributed by atoms with Crippen molar-refractivity contribution >= 4 is 5.96 Å². The lowest BCUT2D eigenvalue weighted by Gasteiger charge is -2.31. The number of aryl methyl sites for hydroxylation is 1. The lowest BCUT2D eigenvalue weighted by molar-refractivity contribution is -0.0212. The molecule has 1 unspecified atom stereocenters. The third-order valence-corrected chi connectivity index (χ3v) is 5.11. The summed E-state index contributed by atoms with van der Waals surface area (Å²) in [5.74, 6) is 0.815. The predicted molar refractivity (Wildman–Crippen MR) is 115 cm³/mol. The molecular formula is C23H32N4O. The smallest absolute Gasteiger partial charge is 0.191 e. The van der Waals surface area contributed by atoms with Crippen LogP contribution < -0.4 is 10.6 Å². The average molecular weight is 381 g/mol. The van der Waals surface area contributed by atoms with Gasteiger partial charge >= 0.3 is 0 Å². The highest BCUT2D eigenvalue weighted by Gasteiger charge is 2.16. The molecule has 28 heavy (non-hydrogen) atoms. The van der Waals surface area contributed by atoms with Crippen LogP contribution in [-0.4, -0.2) is 43.7 Å². The Morgan fingerprint density at radius 2 is 1.89 bits per heavy atom. The van der Waals surface area contributed by atoms with E-state index in [1.165, 1.54) is 22.3 Å². The zero-order valence-corrected chi connectivity index (χ0v) is 17.2. The fourth-order valence-electron chi connectivity index (χ4n) is 3.52. The van der Waals surface area contributed by atoms with E-state index in [-0.39, 0.29) is 0 Å². The zero-order valence-electron chi connectivity index (χ0n) is 17.2. The molecule has 2 aromatic carbocycles. The molecule has 0 aromatic heterocycles. The molecule has 5 heteroatoms. The van der Waals surface area contributed by atoms with Gasteiger partial charge in [0.2, 0.25) is 0 Å². The van der Waals surface area contributed by atoms with Crippen LogP contribution in [0.15, 0.2) is 53.5 Å². The second-order valence-corrected chi connectivity index (χ2v) is 7.44.